The van der Waals surface area contributed by atoms with Crippen LogP contribution in [-0.4, -0.2) is 80.8 Å². The molecular formula is C32H34N2O9. The number of fused-ring (bicyclic) bond motifs is 3. The van der Waals surface area contributed by atoms with Crippen LogP contribution in [-0.2, 0) is 16.0 Å². The quantitative estimate of drug-likeness (QED) is 0.206. The largest absolute Gasteiger partial charge is 0.510 e. The van der Waals surface area contributed by atoms with Crippen molar-refractivity contribution in [1.82, 2.24) is 4.90 Å². The Morgan fingerprint density at radius 1 is 1.19 bits per heavy atom. The van der Waals surface area contributed by atoms with E-state index in [9.17, 15) is 39.9 Å². The molecule has 0 saturated heterocycles. The van der Waals surface area contributed by atoms with Gasteiger partial charge in [-0.15, -0.1) is 6.58 Å². The molecule has 7 N–H and O–H groups in total. The molecule has 0 bridgehead atoms. The van der Waals surface area contributed by atoms with E-state index < -0.39 is 64.1 Å². The van der Waals surface area contributed by atoms with Crippen molar-refractivity contribution in [3.8, 4) is 22.6 Å². The zero-order chi connectivity index (χ0) is 31.5. The molecule has 3 aliphatic rings. The third kappa shape index (κ3) is 4.34. The van der Waals surface area contributed by atoms with Crippen LogP contribution in [0.5, 0.6) is 11.5 Å². The molecule has 3 aliphatic carbocycles. The van der Waals surface area contributed by atoms with Gasteiger partial charge < -0.3 is 36.0 Å². The Hall–Kier alpha value is -4.45. The third-order valence-electron chi connectivity index (χ3n) is 8.89. The molecule has 0 fully saturated rings. The number of Topliss-reactive ketones (excluding diaryl/α,β-unsaturated/α-hetero) is 2. The molecule has 1 amide bonds. The van der Waals surface area contributed by atoms with E-state index >= 15 is 0 Å². The van der Waals surface area contributed by atoms with Crippen molar-refractivity contribution >= 4 is 17.5 Å². The minimum absolute atomic E-state index is 0.0317. The fraction of sp³-hybridized carbons (Fsp3) is 0.344. The standard InChI is InChI=1S/C32H34N2O9/c1-5-6-20(35)14-7-10-22(43-4)17(11-14)16-8-9-21(36)24-18(16)12-15-13-19-26(34(2)3)28(38)25(31(33)41)30(40)32(19,42)29(39)23(15)27(24)37/h5,7-11,15,19-20,26,35-36,38-39,42H,1,6,12-13H2,2-4H3,(H2,33,41)/t15-,19-,20?,26-,32-/m0/s1. The highest BCUT2D eigenvalue weighted by Gasteiger charge is 2.63. The first-order valence-electron chi connectivity index (χ1n) is 13.8. The summed E-state index contributed by atoms with van der Waals surface area (Å²) in [7, 11) is 4.63. The lowest BCUT2D eigenvalue weighted by atomic mass is 9.58. The summed E-state index contributed by atoms with van der Waals surface area (Å²) in [4.78, 5) is 41.2. The van der Waals surface area contributed by atoms with E-state index in [2.05, 4.69) is 6.58 Å². The van der Waals surface area contributed by atoms with Crippen LogP contribution in [0.4, 0.5) is 0 Å². The summed E-state index contributed by atoms with van der Waals surface area (Å²) in [5.74, 6) is -6.69. The van der Waals surface area contributed by atoms with Crippen LogP contribution in [0.1, 0.15) is 40.4 Å². The van der Waals surface area contributed by atoms with Gasteiger partial charge in [0.05, 0.1) is 24.8 Å². The first-order chi connectivity index (χ1) is 20.3. The number of allylic oxidation sites excluding steroid dienone is 1. The van der Waals surface area contributed by atoms with E-state index in [1.54, 1.807) is 44.4 Å². The topological polar surface area (TPSA) is 191 Å². The number of ketones is 2. The number of methoxy groups -OCH3 is 1. The van der Waals surface area contributed by atoms with Crippen LogP contribution in [0.3, 0.4) is 0 Å². The number of aliphatic hydroxyl groups excluding tert-OH is 3. The van der Waals surface area contributed by atoms with Crippen molar-refractivity contribution in [3.63, 3.8) is 0 Å². The number of hydrogen-bond acceptors (Lipinski definition) is 10. The van der Waals surface area contributed by atoms with Crippen molar-refractivity contribution in [1.29, 1.82) is 0 Å². The summed E-state index contributed by atoms with van der Waals surface area (Å²) < 4.78 is 5.60. The predicted octanol–water partition coefficient (Wildman–Crippen LogP) is 2.41. The normalized spacial score (nSPS) is 25.7. The van der Waals surface area contributed by atoms with Crippen LogP contribution in [0, 0.1) is 11.8 Å². The number of amides is 1. The van der Waals surface area contributed by atoms with Crippen molar-refractivity contribution in [2.45, 2.75) is 37.0 Å². The molecule has 226 valence electrons. The molecule has 0 spiro atoms. The minimum atomic E-state index is -2.71. The molecule has 43 heavy (non-hydrogen) atoms. The summed E-state index contributed by atoms with van der Waals surface area (Å²) in [6, 6.07) is 7.03. The summed E-state index contributed by atoms with van der Waals surface area (Å²) in [5.41, 5.74) is 3.60. The van der Waals surface area contributed by atoms with Gasteiger partial charge in [-0.05, 0) is 74.2 Å². The highest BCUT2D eigenvalue weighted by atomic mass is 16.5. The molecular weight excluding hydrogens is 556 g/mol. The number of phenolic OH excluding ortho intramolecular Hbond substituents is 1. The Kier molecular flexibility index (Phi) is 7.45. The molecule has 0 aromatic heterocycles. The minimum Gasteiger partial charge on any atom is -0.510 e. The van der Waals surface area contributed by atoms with E-state index in [0.29, 0.717) is 34.4 Å². The van der Waals surface area contributed by atoms with Gasteiger partial charge in [0.1, 0.15) is 28.6 Å². The van der Waals surface area contributed by atoms with Gasteiger partial charge in [0, 0.05) is 17.1 Å². The van der Waals surface area contributed by atoms with Gasteiger partial charge in [-0.3, -0.25) is 19.3 Å². The van der Waals surface area contributed by atoms with Crippen LogP contribution in [0.2, 0.25) is 0 Å². The van der Waals surface area contributed by atoms with Crippen LogP contribution >= 0.6 is 0 Å². The number of nitrogens with two attached hydrogens (primary N) is 1. The summed E-state index contributed by atoms with van der Waals surface area (Å²) in [6.07, 6.45) is 1.15. The molecule has 1 unspecified atom stereocenters. The van der Waals surface area contributed by atoms with E-state index in [1.165, 1.54) is 18.1 Å². The highest BCUT2D eigenvalue weighted by Crippen LogP contribution is 2.53. The maximum atomic E-state index is 14.1. The number of aliphatic hydroxyl groups is 4. The van der Waals surface area contributed by atoms with Crippen molar-refractivity contribution in [2.24, 2.45) is 17.6 Å². The Labute approximate surface area is 247 Å². The number of nitrogens with zero attached hydrogens (tertiary/aromatic N) is 1. The number of hydrogen-bond donors (Lipinski definition) is 6. The van der Waals surface area contributed by atoms with E-state index in [4.69, 9.17) is 10.5 Å². The van der Waals surface area contributed by atoms with Gasteiger partial charge in [-0.2, -0.15) is 0 Å². The smallest absolute Gasteiger partial charge is 0.255 e. The fourth-order valence-electron chi connectivity index (χ4n) is 6.94. The molecule has 2 aromatic rings. The molecule has 11 nitrogen and oxygen atoms in total. The van der Waals surface area contributed by atoms with Gasteiger partial charge >= 0.3 is 0 Å². The predicted molar refractivity (Wildman–Crippen MR) is 155 cm³/mol. The number of primary amides is 1. The Morgan fingerprint density at radius 3 is 2.49 bits per heavy atom. The van der Waals surface area contributed by atoms with E-state index in [-0.39, 0.29) is 29.7 Å². The summed E-state index contributed by atoms with van der Waals surface area (Å²) >= 11 is 0. The number of aromatic hydroxyl groups is 1. The second-order valence-corrected chi connectivity index (χ2v) is 11.4. The molecule has 0 heterocycles. The second-order valence-electron chi connectivity index (χ2n) is 11.4. The number of carbonyl (C=O) groups is 3. The zero-order valence-electron chi connectivity index (χ0n) is 24.0. The molecule has 5 rings (SSSR count). The van der Waals surface area contributed by atoms with Crippen molar-refractivity contribution in [2.75, 3.05) is 21.2 Å². The van der Waals surface area contributed by atoms with E-state index in [0.717, 1.165) is 0 Å². The summed E-state index contributed by atoms with van der Waals surface area (Å²) in [5, 5.41) is 55.7. The lowest BCUT2D eigenvalue weighted by Crippen LogP contribution is -2.63. The Balaban J connectivity index is 1.72. The third-order valence-corrected chi connectivity index (χ3v) is 8.89. The van der Waals surface area contributed by atoms with Crippen molar-refractivity contribution < 1.29 is 44.7 Å². The van der Waals surface area contributed by atoms with E-state index in [1.807, 2.05) is 0 Å². The average molecular weight is 591 g/mol. The molecule has 0 radical (unpaired) electrons. The number of rotatable bonds is 7. The zero-order valence-corrected chi connectivity index (χ0v) is 24.0. The van der Waals surface area contributed by atoms with Gasteiger partial charge in [0.15, 0.2) is 11.4 Å². The maximum absolute atomic E-state index is 14.1. The SMILES string of the molecule is C=CCC(O)c1ccc(OC)c(-c2ccc(O)c3c2C[C@H]2C[C@H]4[C@H](N(C)C)C(O)=C(C(N)=O)C(=O)[C@@]4(O)C(O)=C2C3=O)c1. The van der Waals surface area contributed by atoms with Gasteiger partial charge in [-0.25, -0.2) is 0 Å². The molecule has 11 heteroatoms. The second kappa shape index (κ2) is 10.7. The molecule has 5 atom stereocenters. The lowest BCUT2D eigenvalue weighted by Gasteiger charge is -2.50. The highest BCUT2D eigenvalue weighted by molar-refractivity contribution is 6.25. The number of carbonyl (C=O) groups excluding carboxylic acids is 3. The number of likely N-dealkylation sites (N-methyl/N-ethyl adjacent to an activating group) is 1. The molecule has 0 saturated carbocycles. The first kappa shape index (κ1) is 30.0. The Morgan fingerprint density at radius 2 is 1.88 bits per heavy atom. The van der Waals surface area contributed by atoms with Crippen LogP contribution in [0.25, 0.3) is 11.1 Å². The maximum Gasteiger partial charge on any atom is 0.255 e. The summed E-state index contributed by atoms with van der Waals surface area (Å²) in [6.45, 7) is 3.67. The van der Waals surface area contributed by atoms with Crippen LogP contribution in [0.15, 0.2) is 65.7 Å². The van der Waals surface area contributed by atoms with Gasteiger partial charge in [-0.1, -0.05) is 18.2 Å². The van der Waals surface area contributed by atoms with Crippen LogP contribution < -0.4 is 10.5 Å². The van der Waals surface area contributed by atoms with Gasteiger partial charge in [0.25, 0.3) is 5.91 Å². The monoisotopic (exact) mass is 590 g/mol. The van der Waals surface area contributed by atoms with Gasteiger partial charge in [0.2, 0.25) is 5.78 Å². The number of ether oxygens (including phenoxy) is 1. The average Bonchev–Trinajstić information content (AvgIpc) is 2.94. The molecule has 0 aliphatic heterocycles. The van der Waals surface area contributed by atoms with Crippen molar-refractivity contribution in [3.05, 3.63) is 82.3 Å². The molecule has 2 aromatic carbocycles. The Bertz CT molecular complexity index is 1640. The first-order valence-corrected chi connectivity index (χ1v) is 13.8. The number of phenols is 1. The fourth-order valence-corrected chi connectivity index (χ4v) is 6.94. The number of benzene rings is 2. The lowest BCUT2D eigenvalue weighted by molar-refractivity contribution is -0.148.